The molecule has 0 saturated carbocycles. The molecular weight excluding hydrogens is 334 g/mol. The second-order valence-corrected chi connectivity index (χ2v) is 7.18. The van der Waals surface area contributed by atoms with Crippen LogP contribution in [-0.2, 0) is 11.8 Å². The van der Waals surface area contributed by atoms with E-state index in [-0.39, 0.29) is 29.0 Å². The van der Waals surface area contributed by atoms with E-state index in [1.54, 1.807) is 21.8 Å². The van der Waals surface area contributed by atoms with Crippen LogP contribution in [0.5, 0.6) is 0 Å². The van der Waals surface area contributed by atoms with Gasteiger partial charge < -0.3 is 14.3 Å². The van der Waals surface area contributed by atoms with Gasteiger partial charge in [0.2, 0.25) is 11.7 Å². The molecule has 4 rings (SSSR count). The van der Waals surface area contributed by atoms with Gasteiger partial charge in [-0.3, -0.25) is 14.3 Å². The van der Waals surface area contributed by atoms with Crippen molar-refractivity contribution in [2.45, 2.75) is 37.6 Å². The molecule has 2 aromatic rings. The number of rotatable bonds is 3. The van der Waals surface area contributed by atoms with Crippen molar-refractivity contribution in [3.05, 3.63) is 36.0 Å². The van der Waals surface area contributed by atoms with Crippen LogP contribution in [0.25, 0.3) is 0 Å². The number of carbonyl (C=O) groups is 2. The molecule has 4 heterocycles. The van der Waals surface area contributed by atoms with Crippen LogP contribution < -0.4 is 0 Å². The van der Waals surface area contributed by atoms with Gasteiger partial charge in [0.1, 0.15) is 0 Å². The van der Waals surface area contributed by atoms with Crippen LogP contribution in [0.1, 0.15) is 48.2 Å². The van der Waals surface area contributed by atoms with Crippen LogP contribution in [-0.4, -0.2) is 61.7 Å². The number of carbonyl (C=O) groups excluding carboxylic acids is 2. The summed E-state index contributed by atoms with van der Waals surface area (Å²) in [5.41, 5.74) is 0.804. The van der Waals surface area contributed by atoms with Gasteiger partial charge in [0.05, 0.1) is 18.3 Å². The van der Waals surface area contributed by atoms with E-state index in [1.807, 2.05) is 25.1 Å². The lowest BCUT2D eigenvalue weighted by atomic mass is 9.81. The number of likely N-dealkylation sites (N-methyl/N-ethyl adjacent to an activating group) is 1. The predicted molar refractivity (Wildman–Crippen MR) is 92.3 cm³/mol. The first-order valence-corrected chi connectivity index (χ1v) is 9.04. The molecule has 8 nitrogen and oxygen atoms in total. The third-order valence-electron chi connectivity index (χ3n) is 5.79. The standard InChI is InChI=1S/C18H23N5O3/c1-3-23-16(24)14(13-11-19-21(2)12-13)10-18(23)5-8-22(9-6-18)17(25)15-4-7-20-26-15/h4,7,11-12,14H,3,5-6,8-10H2,1-2H3/t14-/m1/s1. The van der Waals surface area contributed by atoms with Crippen molar-refractivity contribution < 1.29 is 14.1 Å². The summed E-state index contributed by atoms with van der Waals surface area (Å²) in [7, 11) is 1.86. The molecule has 26 heavy (non-hydrogen) atoms. The van der Waals surface area contributed by atoms with E-state index < -0.39 is 0 Å². The van der Waals surface area contributed by atoms with Crippen molar-refractivity contribution in [2.75, 3.05) is 19.6 Å². The van der Waals surface area contributed by atoms with Crippen molar-refractivity contribution in [3.8, 4) is 0 Å². The molecule has 138 valence electrons. The lowest BCUT2D eigenvalue weighted by molar-refractivity contribution is -0.133. The molecule has 2 fully saturated rings. The maximum atomic E-state index is 13.0. The van der Waals surface area contributed by atoms with Gasteiger partial charge in [-0.15, -0.1) is 0 Å². The van der Waals surface area contributed by atoms with Crippen LogP contribution in [0.15, 0.2) is 29.2 Å². The van der Waals surface area contributed by atoms with Gasteiger partial charge in [-0.05, 0) is 26.2 Å². The summed E-state index contributed by atoms with van der Waals surface area (Å²) in [6, 6.07) is 1.59. The van der Waals surface area contributed by atoms with Gasteiger partial charge in [-0.2, -0.15) is 5.10 Å². The SMILES string of the molecule is CCN1C(=O)[C@@H](c2cnn(C)c2)CC12CCN(C(=O)c1ccno1)CC2. The number of aromatic nitrogens is 3. The molecule has 0 radical (unpaired) electrons. The average Bonchev–Trinajstić information content (AvgIpc) is 3.36. The Morgan fingerprint density at radius 3 is 2.73 bits per heavy atom. The first-order valence-electron chi connectivity index (χ1n) is 9.04. The molecule has 2 aromatic heterocycles. The first kappa shape index (κ1) is 16.8. The van der Waals surface area contributed by atoms with Crippen molar-refractivity contribution in [1.29, 1.82) is 0 Å². The van der Waals surface area contributed by atoms with Gasteiger partial charge in [0, 0.05) is 50.0 Å². The Morgan fingerprint density at radius 1 is 1.38 bits per heavy atom. The van der Waals surface area contributed by atoms with E-state index in [4.69, 9.17) is 4.52 Å². The van der Waals surface area contributed by atoms with Crippen LogP contribution in [0.2, 0.25) is 0 Å². The molecular formula is C18H23N5O3. The van der Waals surface area contributed by atoms with Crippen molar-refractivity contribution in [2.24, 2.45) is 7.05 Å². The number of hydrogen-bond acceptors (Lipinski definition) is 5. The lowest BCUT2D eigenvalue weighted by Crippen LogP contribution is -2.54. The number of nitrogens with zero attached hydrogens (tertiary/aromatic N) is 5. The van der Waals surface area contributed by atoms with Crippen LogP contribution >= 0.6 is 0 Å². The van der Waals surface area contributed by atoms with Gasteiger partial charge in [0.15, 0.2) is 0 Å². The van der Waals surface area contributed by atoms with E-state index in [0.29, 0.717) is 19.6 Å². The maximum Gasteiger partial charge on any atom is 0.292 e. The highest BCUT2D eigenvalue weighted by Crippen LogP contribution is 2.45. The molecule has 0 aliphatic carbocycles. The molecule has 1 atom stereocenters. The number of aryl methyl sites for hydroxylation is 1. The molecule has 0 bridgehead atoms. The van der Waals surface area contributed by atoms with Crippen molar-refractivity contribution in [1.82, 2.24) is 24.7 Å². The zero-order valence-electron chi connectivity index (χ0n) is 15.1. The Balaban J connectivity index is 1.51. The largest absolute Gasteiger partial charge is 0.351 e. The van der Waals surface area contributed by atoms with Crippen LogP contribution in [0.3, 0.4) is 0 Å². The monoisotopic (exact) mass is 357 g/mol. The molecule has 2 aliphatic rings. The second kappa shape index (κ2) is 6.26. The van der Waals surface area contributed by atoms with Gasteiger partial charge in [-0.25, -0.2) is 0 Å². The normalized spacial score (nSPS) is 22.4. The number of piperidine rings is 1. The van der Waals surface area contributed by atoms with Crippen molar-refractivity contribution in [3.63, 3.8) is 0 Å². The molecule has 2 aliphatic heterocycles. The summed E-state index contributed by atoms with van der Waals surface area (Å²) in [6.45, 7) is 3.94. The average molecular weight is 357 g/mol. The fourth-order valence-electron chi connectivity index (χ4n) is 4.45. The van der Waals surface area contributed by atoms with Crippen LogP contribution in [0, 0.1) is 0 Å². The topological polar surface area (TPSA) is 84.5 Å². The highest BCUT2D eigenvalue weighted by atomic mass is 16.5. The van der Waals surface area contributed by atoms with E-state index in [0.717, 1.165) is 24.8 Å². The minimum absolute atomic E-state index is 0.131. The smallest absolute Gasteiger partial charge is 0.292 e. The minimum atomic E-state index is -0.176. The van der Waals surface area contributed by atoms with Crippen LogP contribution in [0.4, 0.5) is 0 Å². The minimum Gasteiger partial charge on any atom is -0.351 e. The molecule has 2 saturated heterocycles. The Labute approximate surface area is 151 Å². The molecule has 2 amide bonds. The second-order valence-electron chi connectivity index (χ2n) is 7.18. The van der Waals surface area contributed by atoms with Gasteiger partial charge >= 0.3 is 0 Å². The Hall–Kier alpha value is -2.64. The molecule has 1 spiro atoms. The Kier molecular flexibility index (Phi) is 4.05. The highest BCUT2D eigenvalue weighted by Gasteiger charge is 2.52. The quantitative estimate of drug-likeness (QED) is 0.829. The zero-order valence-corrected chi connectivity index (χ0v) is 15.1. The number of likely N-dealkylation sites (tertiary alicyclic amines) is 2. The third kappa shape index (κ3) is 2.60. The maximum absolute atomic E-state index is 13.0. The van der Waals surface area contributed by atoms with Gasteiger partial charge in [0.25, 0.3) is 5.91 Å². The predicted octanol–water partition coefficient (Wildman–Crippen LogP) is 1.42. The summed E-state index contributed by atoms with van der Waals surface area (Å²) in [5.74, 6) is 0.174. The zero-order chi connectivity index (χ0) is 18.3. The molecule has 0 N–H and O–H groups in total. The van der Waals surface area contributed by atoms with E-state index in [1.165, 1.54) is 6.20 Å². The van der Waals surface area contributed by atoms with E-state index >= 15 is 0 Å². The van der Waals surface area contributed by atoms with Crippen molar-refractivity contribution >= 4 is 11.8 Å². The summed E-state index contributed by atoms with van der Waals surface area (Å²) >= 11 is 0. The lowest BCUT2D eigenvalue weighted by Gasteiger charge is -2.44. The molecule has 8 heteroatoms. The number of amides is 2. The Bertz CT molecular complexity index is 805. The summed E-state index contributed by atoms with van der Waals surface area (Å²) < 4.78 is 6.73. The Morgan fingerprint density at radius 2 is 2.15 bits per heavy atom. The molecule has 0 aromatic carbocycles. The third-order valence-corrected chi connectivity index (χ3v) is 5.79. The van der Waals surface area contributed by atoms with E-state index in [9.17, 15) is 9.59 Å². The highest BCUT2D eigenvalue weighted by molar-refractivity contribution is 5.91. The molecule has 0 unspecified atom stereocenters. The number of hydrogen-bond donors (Lipinski definition) is 0. The fraction of sp³-hybridized carbons (Fsp3) is 0.556. The summed E-state index contributed by atoms with van der Waals surface area (Å²) in [5, 5.41) is 7.83. The summed E-state index contributed by atoms with van der Waals surface area (Å²) in [4.78, 5) is 29.3. The van der Waals surface area contributed by atoms with E-state index in [2.05, 4.69) is 10.3 Å². The van der Waals surface area contributed by atoms with Gasteiger partial charge in [-0.1, -0.05) is 5.16 Å². The fourth-order valence-corrected chi connectivity index (χ4v) is 4.45. The first-order chi connectivity index (χ1) is 12.5. The summed E-state index contributed by atoms with van der Waals surface area (Å²) in [6.07, 6.45) is 7.55.